The Hall–Kier alpha value is -0.910. The molecule has 20 heavy (non-hydrogen) atoms. The first-order valence-corrected chi connectivity index (χ1v) is 7.66. The molecule has 0 amide bonds. The van der Waals surface area contributed by atoms with Crippen LogP contribution < -0.4 is 4.72 Å². The highest BCUT2D eigenvalue weighted by atomic mass is 32.2. The molecule has 0 aromatic heterocycles. The number of halogens is 1. The lowest BCUT2D eigenvalue weighted by molar-refractivity contribution is -0.108. The molecule has 0 bridgehead atoms. The molecule has 0 aliphatic carbocycles. The van der Waals surface area contributed by atoms with Crippen LogP contribution >= 0.6 is 0 Å². The second-order valence-electron chi connectivity index (χ2n) is 6.12. The van der Waals surface area contributed by atoms with Crippen LogP contribution in [0.3, 0.4) is 0 Å². The molecule has 0 saturated carbocycles. The zero-order chi connectivity index (χ0) is 15.6. The molecule has 5 heteroatoms. The SMILES string of the molecule is Cc1cccc(C(C)(CC=O)N[S+]([O-])C(C)(C)C)c1F. The number of aldehydes is 1. The van der Waals surface area contributed by atoms with Crippen LogP contribution in [0.25, 0.3) is 0 Å². The standard InChI is InChI=1S/C15H22FNO2S/c1-11-7-6-8-12(13(11)16)15(5,9-10-18)17-20(19)14(2,3)4/h6-8,10,17H,9H2,1-5H3. The van der Waals surface area contributed by atoms with E-state index in [9.17, 15) is 13.7 Å². The number of nitrogens with one attached hydrogen (secondary N) is 1. The maximum atomic E-state index is 14.3. The Morgan fingerprint density at radius 1 is 1.35 bits per heavy atom. The van der Waals surface area contributed by atoms with E-state index in [1.54, 1.807) is 32.0 Å². The fourth-order valence-electron chi connectivity index (χ4n) is 1.80. The summed E-state index contributed by atoms with van der Waals surface area (Å²) in [5.41, 5.74) is -0.124. The molecular formula is C15H22FNO2S. The van der Waals surface area contributed by atoms with Gasteiger partial charge in [-0.3, -0.25) is 0 Å². The first-order valence-electron chi connectivity index (χ1n) is 6.51. The highest BCUT2D eigenvalue weighted by Gasteiger charge is 2.38. The van der Waals surface area contributed by atoms with Crippen LogP contribution in [0, 0.1) is 12.7 Å². The minimum atomic E-state index is -1.40. The number of benzene rings is 1. The topological polar surface area (TPSA) is 52.2 Å². The molecule has 2 unspecified atom stereocenters. The van der Waals surface area contributed by atoms with Gasteiger partial charge in [-0.2, -0.15) is 0 Å². The van der Waals surface area contributed by atoms with E-state index >= 15 is 0 Å². The summed E-state index contributed by atoms with van der Waals surface area (Å²) in [6.07, 6.45) is 0.768. The third-order valence-corrected chi connectivity index (χ3v) is 4.90. The highest BCUT2D eigenvalue weighted by Crippen LogP contribution is 2.30. The zero-order valence-electron chi connectivity index (χ0n) is 12.6. The summed E-state index contributed by atoms with van der Waals surface area (Å²) in [6, 6.07) is 5.03. The monoisotopic (exact) mass is 299 g/mol. The fourth-order valence-corrected chi connectivity index (χ4v) is 2.71. The van der Waals surface area contributed by atoms with Gasteiger partial charge in [0.2, 0.25) is 0 Å². The van der Waals surface area contributed by atoms with Gasteiger partial charge in [0.25, 0.3) is 0 Å². The first kappa shape index (κ1) is 17.1. The van der Waals surface area contributed by atoms with Gasteiger partial charge in [0.15, 0.2) is 0 Å². The maximum Gasteiger partial charge on any atom is 0.136 e. The lowest BCUT2D eigenvalue weighted by Gasteiger charge is -2.34. The van der Waals surface area contributed by atoms with E-state index in [1.807, 2.05) is 20.8 Å². The third kappa shape index (κ3) is 3.81. The molecule has 0 radical (unpaired) electrons. The van der Waals surface area contributed by atoms with Crippen LogP contribution in [-0.2, 0) is 21.7 Å². The molecule has 1 aromatic carbocycles. The Morgan fingerprint density at radius 3 is 2.45 bits per heavy atom. The molecule has 2 atom stereocenters. The van der Waals surface area contributed by atoms with Crippen LogP contribution in [0.4, 0.5) is 4.39 Å². The van der Waals surface area contributed by atoms with Crippen molar-refractivity contribution in [3.63, 3.8) is 0 Å². The lowest BCUT2D eigenvalue weighted by Crippen LogP contribution is -2.50. The molecule has 0 saturated heterocycles. The zero-order valence-corrected chi connectivity index (χ0v) is 13.4. The Labute approximate surface area is 123 Å². The summed E-state index contributed by atoms with van der Waals surface area (Å²) in [5.74, 6) is -0.366. The average Bonchev–Trinajstić information content (AvgIpc) is 2.31. The largest absolute Gasteiger partial charge is 0.598 e. The number of carbonyl (C=O) groups excluding carboxylic acids is 1. The molecular weight excluding hydrogens is 277 g/mol. The summed E-state index contributed by atoms with van der Waals surface area (Å²) in [5, 5.41) is 0. The van der Waals surface area contributed by atoms with Crippen LogP contribution in [0.1, 0.15) is 45.2 Å². The van der Waals surface area contributed by atoms with Crippen molar-refractivity contribution in [2.24, 2.45) is 0 Å². The second-order valence-corrected chi connectivity index (χ2v) is 8.09. The average molecular weight is 299 g/mol. The van der Waals surface area contributed by atoms with Gasteiger partial charge in [-0.05, 0) is 40.2 Å². The Balaban J connectivity index is 3.21. The minimum absolute atomic E-state index is 0.0508. The minimum Gasteiger partial charge on any atom is -0.598 e. The molecule has 3 nitrogen and oxygen atoms in total. The number of aryl methyl sites for hydroxylation is 1. The molecule has 1 aromatic rings. The van der Waals surface area contributed by atoms with Crippen LogP contribution in [-0.4, -0.2) is 15.6 Å². The summed E-state index contributed by atoms with van der Waals surface area (Å²) < 4.78 is 29.0. The van der Waals surface area contributed by atoms with Crippen molar-refractivity contribution in [1.82, 2.24) is 4.72 Å². The van der Waals surface area contributed by atoms with E-state index in [0.29, 0.717) is 17.4 Å². The van der Waals surface area contributed by atoms with Gasteiger partial charge in [0.05, 0.1) is 5.54 Å². The Morgan fingerprint density at radius 2 is 1.95 bits per heavy atom. The van der Waals surface area contributed by atoms with Crippen molar-refractivity contribution in [3.8, 4) is 0 Å². The molecule has 0 aliphatic heterocycles. The quantitative estimate of drug-likeness (QED) is 0.672. The fraction of sp³-hybridized carbons (Fsp3) is 0.533. The van der Waals surface area contributed by atoms with Gasteiger partial charge in [0, 0.05) is 23.3 Å². The third-order valence-electron chi connectivity index (χ3n) is 3.15. The molecule has 0 aliphatic rings. The first-order chi connectivity index (χ1) is 9.12. The summed E-state index contributed by atoms with van der Waals surface area (Å²) >= 11 is -1.40. The molecule has 0 spiro atoms. The van der Waals surface area contributed by atoms with Crippen molar-refractivity contribution in [2.45, 2.75) is 51.3 Å². The highest BCUT2D eigenvalue weighted by molar-refractivity contribution is 7.90. The van der Waals surface area contributed by atoms with Gasteiger partial charge < -0.3 is 9.35 Å². The summed E-state index contributed by atoms with van der Waals surface area (Å²) in [6.45, 7) is 8.84. The van der Waals surface area contributed by atoms with Gasteiger partial charge >= 0.3 is 0 Å². The van der Waals surface area contributed by atoms with Crippen molar-refractivity contribution >= 4 is 17.6 Å². The summed E-state index contributed by atoms with van der Waals surface area (Å²) in [7, 11) is 0. The van der Waals surface area contributed by atoms with E-state index in [0.717, 1.165) is 0 Å². The normalized spacial score (nSPS) is 16.6. The lowest BCUT2D eigenvalue weighted by atomic mass is 9.89. The van der Waals surface area contributed by atoms with Gasteiger partial charge in [-0.25, -0.2) is 4.39 Å². The van der Waals surface area contributed by atoms with Crippen LogP contribution in [0.15, 0.2) is 18.2 Å². The van der Waals surface area contributed by atoms with E-state index in [4.69, 9.17) is 0 Å². The van der Waals surface area contributed by atoms with Gasteiger partial charge in [-0.1, -0.05) is 18.2 Å². The Kier molecular flexibility index (Phi) is 5.35. The van der Waals surface area contributed by atoms with Crippen molar-refractivity contribution < 1.29 is 13.7 Å². The predicted molar refractivity (Wildman–Crippen MR) is 80.2 cm³/mol. The van der Waals surface area contributed by atoms with E-state index in [2.05, 4.69) is 4.72 Å². The maximum absolute atomic E-state index is 14.3. The second kappa shape index (κ2) is 6.24. The van der Waals surface area contributed by atoms with E-state index in [-0.39, 0.29) is 12.2 Å². The van der Waals surface area contributed by atoms with Crippen molar-refractivity contribution in [2.75, 3.05) is 0 Å². The molecule has 1 N–H and O–H groups in total. The molecule has 0 heterocycles. The predicted octanol–water partition coefficient (Wildman–Crippen LogP) is 2.99. The van der Waals surface area contributed by atoms with E-state index < -0.39 is 21.6 Å². The number of rotatable bonds is 5. The smallest absolute Gasteiger partial charge is 0.136 e. The molecule has 0 fully saturated rings. The Bertz CT molecular complexity index is 487. The molecule has 1 rings (SSSR count). The van der Waals surface area contributed by atoms with Crippen LogP contribution in [0.2, 0.25) is 0 Å². The van der Waals surface area contributed by atoms with Crippen molar-refractivity contribution in [3.05, 3.63) is 35.1 Å². The van der Waals surface area contributed by atoms with Crippen molar-refractivity contribution in [1.29, 1.82) is 0 Å². The number of hydrogen-bond donors (Lipinski definition) is 1. The van der Waals surface area contributed by atoms with E-state index in [1.165, 1.54) is 0 Å². The van der Waals surface area contributed by atoms with Gasteiger partial charge in [0.1, 0.15) is 16.9 Å². The number of carbonyl (C=O) groups is 1. The van der Waals surface area contributed by atoms with Gasteiger partial charge in [-0.15, -0.1) is 4.72 Å². The number of hydrogen-bond acceptors (Lipinski definition) is 3. The summed E-state index contributed by atoms with van der Waals surface area (Å²) in [4.78, 5) is 11.0. The molecule has 112 valence electrons. The van der Waals surface area contributed by atoms with Crippen LogP contribution in [0.5, 0.6) is 0 Å².